The molecule has 6 heterocycles. The summed E-state index contributed by atoms with van der Waals surface area (Å²) in [5, 5.41) is 15.7. The molecule has 3 nitrogen and oxygen atoms in total. The molecule has 12 aromatic carbocycles. The highest BCUT2D eigenvalue weighted by atomic mass is 32.1. The average molecular weight is 1490 g/mol. The van der Waals surface area contributed by atoms with Gasteiger partial charge in [0.15, 0.2) is 0 Å². The van der Waals surface area contributed by atoms with Crippen LogP contribution in [0.4, 0.5) is 0 Å². The highest BCUT2D eigenvalue weighted by molar-refractivity contribution is 7.26. The van der Waals surface area contributed by atoms with E-state index in [2.05, 4.69) is 337 Å². The van der Waals surface area contributed by atoms with Gasteiger partial charge in [0.05, 0.1) is 0 Å². The van der Waals surface area contributed by atoms with Gasteiger partial charge in [-0.1, -0.05) is 351 Å². The minimum atomic E-state index is 0. The van der Waals surface area contributed by atoms with Crippen LogP contribution in [0.2, 0.25) is 0 Å². The van der Waals surface area contributed by atoms with Crippen molar-refractivity contribution in [2.45, 2.75) is 202 Å². The maximum Gasteiger partial charge on any atom is 0.139 e. The first-order valence-electron chi connectivity index (χ1n) is 35.9. The first-order valence-corrected chi connectivity index (χ1v) is 38.3. The third-order valence-corrected chi connectivity index (χ3v) is 22.8. The van der Waals surface area contributed by atoms with Crippen LogP contribution in [0.25, 0.3) is 126 Å². The summed E-state index contributed by atoms with van der Waals surface area (Å²) < 4.78 is 26.1. The molecule has 0 N–H and O–H groups in total. The van der Waals surface area contributed by atoms with Gasteiger partial charge in [-0.15, -0.1) is 34.0 Å². The molecule has 0 fully saturated rings. The van der Waals surface area contributed by atoms with Gasteiger partial charge in [-0.05, 0) is 133 Å². The zero-order chi connectivity index (χ0) is 72.3. The summed E-state index contributed by atoms with van der Waals surface area (Å²) >= 11 is 5.66. The number of benzene rings is 12. The lowest BCUT2D eigenvalue weighted by molar-refractivity contribution is 0.573. The van der Waals surface area contributed by atoms with Crippen LogP contribution in [0.5, 0.6) is 0 Å². The second-order valence-corrected chi connectivity index (χ2v) is 36.5. The molecule has 0 radical (unpaired) electrons. The molecule has 18 aromatic rings. The second-order valence-electron chi connectivity index (χ2n) is 33.3. The maximum atomic E-state index is 6.01. The lowest BCUT2D eigenvalue weighted by Crippen LogP contribution is -2.11. The van der Waals surface area contributed by atoms with E-state index in [9.17, 15) is 0 Å². The third-order valence-electron chi connectivity index (χ3n) is 19.4. The van der Waals surface area contributed by atoms with Crippen LogP contribution in [0.15, 0.2) is 268 Å². The van der Waals surface area contributed by atoms with E-state index in [4.69, 9.17) is 13.3 Å². The van der Waals surface area contributed by atoms with E-state index in [0.29, 0.717) is 0 Å². The van der Waals surface area contributed by atoms with Crippen molar-refractivity contribution in [1.29, 1.82) is 0 Å². The number of hydrogen-bond acceptors (Lipinski definition) is 6. The molecule has 6 heteroatoms. The van der Waals surface area contributed by atoms with Gasteiger partial charge in [-0.2, -0.15) is 0 Å². The SMILES string of the molecule is C.C.C.C.C.C.CC(C)(C)c1ccc2c(c1)oc1ccccc12.CC(C)(C)c1ccc2c(c1)sc1ccccc12.CC(C)(C)c1ccc2sc3ccccc3c2c1.CC(C)(C)c1cccc2c1oc1ccccc12.CC(C)(C)c1cccc2oc3ccccc3c12.CC(C)(C)c1cccc2sc3ccccc3c12. The van der Waals surface area contributed by atoms with Gasteiger partial charge in [0.1, 0.15) is 33.5 Å². The van der Waals surface area contributed by atoms with Crippen molar-refractivity contribution < 1.29 is 13.3 Å². The number of para-hydroxylation sites is 4. The van der Waals surface area contributed by atoms with E-state index in [1.807, 2.05) is 76.5 Å². The van der Waals surface area contributed by atoms with Crippen molar-refractivity contribution in [2.24, 2.45) is 0 Å². The van der Waals surface area contributed by atoms with Crippen LogP contribution in [0.3, 0.4) is 0 Å². The van der Waals surface area contributed by atoms with Crippen molar-refractivity contribution in [3.63, 3.8) is 0 Å². The Labute approximate surface area is 658 Å². The van der Waals surface area contributed by atoms with Gasteiger partial charge < -0.3 is 13.3 Å². The number of thiophene rings is 3. The summed E-state index contributed by atoms with van der Waals surface area (Å²) in [5.41, 5.74) is 15.1. The Kier molecular flexibility index (Phi) is 26.8. The van der Waals surface area contributed by atoms with E-state index in [-0.39, 0.29) is 77.0 Å². The second kappa shape index (κ2) is 33.7. The van der Waals surface area contributed by atoms with Crippen molar-refractivity contribution in [3.05, 3.63) is 288 Å². The molecule has 564 valence electrons. The van der Waals surface area contributed by atoms with Crippen molar-refractivity contribution in [1.82, 2.24) is 0 Å². The number of furan rings is 3. The smallest absolute Gasteiger partial charge is 0.139 e. The molecular weight excluding hydrogens is 1370 g/mol. The zero-order valence-corrected chi connectivity index (χ0v) is 65.1. The van der Waals surface area contributed by atoms with Gasteiger partial charge in [0, 0.05) is 98.4 Å². The fourth-order valence-electron chi connectivity index (χ4n) is 13.7. The number of fused-ring (bicyclic) bond motifs is 18. The van der Waals surface area contributed by atoms with Gasteiger partial charge in [0.2, 0.25) is 0 Å². The molecule has 0 bridgehead atoms. The van der Waals surface area contributed by atoms with E-state index in [1.54, 1.807) is 0 Å². The summed E-state index contributed by atoms with van der Waals surface area (Å²) in [7, 11) is 0. The number of rotatable bonds is 0. The third kappa shape index (κ3) is 18.0. The van der Waals surface area contributed by atoms with Gasteiger partial charge in [-0.3, -0.25) is 0 Å². The molecule has 0 atom stereocenters. The standard InChI is InChI=1S/3C16H16O.3C16H16S.6CH4/c1-16(2,3)13-9-6-8-12-11-7-4-5-10-14(11)17-15(12)13;1-16(2,3)12-8-6-10-14-15(12)11-7-4-5-9-13(11)17-14;1-16(2,3)11-8-9-13-12-6-4-5-7-14(12)17-15(13)10-11;1-16(2,3)12-8-6-10-14-15(12)11-7-4-5-9-13(11)17-14;1-16(2,3)11-8-9-15-13(10-11)12-6-4-5-7-14(12)17-15;1-16(2,3)11-8-9-13-12-6-4-5-7-14(12)17-15(13)10-11;;;;;;/h6*4-10H,1-3H3;6*1H4. The van der Waals surface area contributed by atoms with Crippen molar-refractivity contribution in [2.75, 3.05) is 0 Å². The summed E-state index contributed by atoms with van der Waals surface area (Å²) in [5.74, 6) is 0. The summed E-state index contributed by atoms with van der Waals surface area (Å²) in [6.07, 6.45) is 0. The monoisotopic (exact) mass is 1490 g/mol. The summed E-state index contributed by atoms with van der Waals surface area (Å²) in [6.45, 7) is 40.5. The van der Waals surface area contributed by atoms with Crippen LogP contribution in [-0.2, 0) is 32.5 Å². The first-order chi connectivity index (χ1) is 48.4. The molecule has 0 aliphatic rings. The van der Waals surface area contributed by atoms with Crippen LogP contribution >= 0.6 is 34.0 Å². The molecule has 0 unspecified atom stereocenters. The molecule has 0 saturated heterocycles. The molecule has 6 aromatic heterocycles. The molecule has 108 heavy (non-hydrogen) atoms. The summed E-state index contributed by atoms with van der Waals surface area (Å²) in [6, 6.07) is 90.4. The maximum absolute atomic E-state index is 6.01. The minimum Gasteiger partial charge on any atom is -0.456 e. The van der Waals surface area contributed by atoms with Gasteiger partial charge in [-0.25, -0.2) is 0 Å². The average Bonchev–Trinajstić information content (AvgIpc) is 1.65. The quantitative estimate of drug-likeness (QED) is 0.152. The van der Waals surface area contributed by atoms with Crippen LogP contribution in [0.1, 0.15) is 203 Å². The predicted molar refractivity (Wildman–Crippen MR) is 492 cm³/mol. The van der Waals surface area contributed by atoms with E-state index >= 15 is 0 Å². The lowest BCUT2D eigenvalue weighted by Gasteiger charge is -2.20. The van der Waals surface area contributed by atoms with Crippen LogP contribution in [-0.4, -0.2) is 0 Å². The highest BCUT2D eigenvalue weighted by Gasteiger charge is 2.24. The van der Waals surface area contributed by atoms with Crippen LogP contribution in [0, 0.1) is 0 Å². The Bertz CT molecular complexity index is 5750. The molecule has 0 amide bonds. The Morgan fingerprint density at radius 3 is 1.07 bits per heavy atom. The predicted octanol–water partition coefficient (Wildman–Crippen LogP) is 34.5. The molecular formula is C102H120O3S3. The highest BCUT2D eigenvalue weighted by Crippen LogP contribution is 2.43. The Hall–Kier alpha value is -9.30. The lowest BCUT2D eigenvalue weighted by atomic mass is 9.84. The van der Waals surface area contributed by atoms with E-state index in [1.165, 1.54) is 126 Å². The van der Waals surface area contributed by atoms with Crippen LogP contribution < -0.4 is 0 Å². The Morgan fingerprint density at radius 2 is 0.519 bits per heavy atom. The van der Waals surface area contributed by atoms with Crippen molar-refractivity contribution >= 4 is 160 Å². The topological polar surface area (TPSA) is 39.4 Å². The fraction of sp³-hybridized carbons (Fsp3) is 0.294. The molecule has 0 aliphatic heterocycles. The van der Waals surface area contributed by atoms with Crippen molar-refractivity contribution in [3.8, 4) is 0 Å². The molecule has 18 rings (SSSR count). The summed E-state index contributed by atoms with van der Waals surface area (Å²) in [4.78, 5) is 0. The fourth-order valence-corrected chi connectivity index (χ4v) is 17.1. The van der Waals surface area contributed by atoms with E-state index < -0.39 is 0 Å². The molecule has 0 saturated carbocycles. The van der Waals surface area contributed by atoms with Gasteiger partial charge >= 0.3 is 0 Å². The number of hydrogen-bond donors (Lipinski definition) is 0. The molecule has 0 spiro atoms. The largest absolute Gasteiger partial charge is 0.456 e. The minimum absolute atomic E-state index is 0. The van der Waals surface area contributed by atoms with Gasteiger partial charge in [0.25, 0.3) is 0 Å². The van der Waals surface area contributed by atoms with E-state index in [0.717, 1.165) is 33.5 Å². The molecule has 0 aliphatic carbocycles. The normalized spacial score (nSPS) is 11.7. The Balaban J connectivity index is 0.000000179. The Morgan fingerprint density at radius 1 is 0.194 bits per heavy atom. The zero-order valence-electron chi connectivity index (χ0n) is 62.7. The first kappa shape index (κ1) is 85.9.